The highest BCUT2D eigenvalue weighted by Gasteiger charge is 2.16. The Morgan fingerprint density at radius 3 is 2.52 bits per heavy atom. The summed E-state index contributed by atoms with van der Waals surface area (Å²) in [6.07, 6.45) is 0. The second kappa shape index (κ2) is 9.53. The van der Waals surface area contributed by atoms with Gasteiger partial charge in [-0.15, -0.1) is 22.0 Å². The molecule has 3 aromatic rings. The first kappa shape index (κ1) is 20.8. The van der Waals surface area contributed by atoms with Crippen LogP contribution in [0.2, 0.25) is 0 Å². The molecule has 1 heterocycles. The molecule has 1 aromatic heterocycles. The van der Waals surface area contributed by atoms with Crippen molar-refractivity contribution in [3.63, 3.8) is 0 Å². The number of benzene rings is 2. The van der Waals surface area contributed by atoms with Gasteiger partial charge in [-0.25, -0.2) is 0 Å². The van der Waals surface area contributed by atoms with Gasteiger partial charge in [0, 0.05) is 16.1 Å². The number of thioether (sulfide) groups is 1. The van der Waals surface area contributed by atoms with Crippen LogP contribution in [-0.2, 0) is 4.79 Å². The first-order chi connectivity index (χ1) is 13.9. The molecule has 9 heteroatoms. The van der Waals surface area contributed by atoms with Crippen molar-refractivity contribution >= 4 is 45.7 Å². The minimum absolute atomic E-state index is 0.137. The molecule has 0 aliphatic carbocycles. The van der Waals surface area contributed by atoms with Crippen LogP contribution in [0.4, 0.5) is 10.8 Å². The second-order valence-electron chi connectivity index (χ2n) is 6.09. The molecule has 7 nitrogen and oxygen atoms in total. The van der Waals surface area contributed by atoms with E-state index in [0.717, 1.165) is 9.90 Å². The van der Waals surface area contributed by atoms with E-state index < -0.39 is 0 Å². The van der Waals surface area contributed by atoms with Gasteiger partial charge in [-0.2, -0.15) is 0 Å². The molecule has 0 saturated carbocycles. The van der Waals surface area contributed by atoms with Crippen LogP contribution in [0.15, 0.2) is 53.4 Å². The Labute approximate surface area is 176 Å². The average molecular weight is 429 g/mol. The third-order valence-corrected chi connectivity index (χ3v) is 5.75. The van der Waals surface area contributed by atoms with Crippen LogP contribution in [0.5, 0.6) is 5.75 Å². The third kappa shape index (κ3) is 5.78. The number of aromatic nitrogens is 2. The fraction of sp³-hybridized carbons (Fsp3) is 0.200. The van der Waals surface area contributed by atoms with Crippen molar-refractivity contribution < 1.29 is 14.3 Å². The molecule has 0 radical (unpaired) electrons. The van der Waals surface area contributed by atoms with Crippen molar-refractivity contribution in [1.29, 1.82) is 0 Å². The molecule has 0 bridgehead atoms. The highest BCUT2D eigenvalue weighted by Crippen LogP contribution is 2.26. The largest absolute Gasteiger partial charge is 0.497 e. The maximum absolute atomic E-state index is 12.4. The second-order valence-corrected chi connectivity index (χ2v) is 8.68. The third-order valence-electron chi connectivity index (χ3n) is 3.88. The summed E-state index contributed by atoms with van der Waals surface area (Å²) in [6.45, 7) is 3.66. The lowest BCUT2D eigenvalue weighted by Crippen LogP contribution is -2.22. The van der Waals surface area contributed by atoms with Crippen molar-refractivity contribution in [2.45, 2.75) is 24.0 Å². The number of rotatable bonds is 7. The zero-order valence-corrected chi connectivity index (χ0v) is 17.8. The smallest absolute Gasteiger partial charge is 0.255 e. The summed E-state index contributed by atoms with van der Waals surface area (Å²) >= 11 is 2.76. The van der Waals surface area contributed by atoms with Crippen molar-refractivity contribution in [2.75, 3.05) is 17.7 Å². The Hall–Kier alpha value is -2.91. The minimum atomic E-state index is -0.309. The Bertz CT molecular complexity index is 1000. The van der Waals surface area contributed by atoms with E-state index >= 15 is 0 Å². The van der Waals surface area contributed by atoms with Gasteiger partial charge < -0.3 is 10.1 Å². The maximum Gasteiger partial charge on any atom is 0.255 e. The number of anilines is 2. The number of ether oxygens (including phenoxy) is 1. The molecule has 0 spiro atoms. The van der Waals surface area contributed by atoms with E-state index in [1.165, 1.54) is 23.1 Å². The molecule has 2 N–H and O–H groups in total. The minimum Gasteiger partial charge on any atom is -0.497 e. The first-order valence-electron chi connectivity index (χ1n) is 8.77. The fourth-order valence-electron chi connectivity index (χ4n) is 2.40. The number of hydrogen-bond donors (Lipinski definition) is 2. The van der Waals surface area contributed by atoms with Gasteiger partial charge in [0.15, 0.2) is 0 Å². The lowest BCUT2D eigenvalue weighted by Gasteiger charge is -2.11. The normalized spacial score (nSPS) is 11.6. The van der Waals surface area contributed by atoms with E-state index in [-0.39, 0.29) is 17.1 Å². The average Bonchev–Trinajstić information content (AvgIpc) is 3.14. The van der Waals surface area contributed by atoms with E-state index in [0.29, 0.717) is 22.1 Å². The number of methoxy groups -OCH3 is 1. The predicted molar refractivity (Wildman–Crippen MR) is 116 cm³/mol. The number of carbonyl (C=O) groups excluding carboxylic acids is 2. The topological polar surface area (TPSA) is 93.2 Å². The summed E-state index contributed by atoms with van der Waals surface area (Å²) in [5.41, 5.74) is 1.18. The molecular weight excluding hydrogens is 408 g/mol. The Balaban J connectivity index is 1.56. The zero-order valence-electron chi connectivity index (χ0n) is 16.1. The molecule has 0 aliphatic rings. The molecule has 0 aliphatic heterocycles. The van der Waals surface area contributed by atoms with Crippen LogP contribution in [0.25, 0.3) is 0 Å². The van der Waals surface area contributed by atoms with Crippen LogP contribution in [0.1, 0.15) is 22.3 Å². The standard InChI is InChI=1S/C20H20N4O3S2/c1-12(18(25)22-20-24-23-13(2)29-20)28-17-9-7-15(8-10-17)21-19(26)14-5-4-6-16(11-14)27-3/h4-12H,1-3H3,(H,21,26)(H,22,24,25). The molecule has 0 fully saturated rings. The van der Waals surface area contributed by atoms with Gasteiger partial charge in [-0.05, 0) is 56.3 Å². The summed E-state index contributed by atoms with van der Waals surface area (Å²) in [5.74, 6) is 0.270. The van der Waals surface area contributed by atoms with E-state index in [2.05, 4.69) is 20.8 Å². The maximum atomic E-state index is 12.4. The number of carbonyl (C=O) groups is 2. The van der Waals surface area contributed by atoms with E-state index in [1.54, 1.807) is 43.5 Å². The first-order valence-corrected chi connectivity index (χ1v) is 10.5. The summed E-state index contributed by atoms with van der Waals surface area (Å²) in [6, 6.07) is 14.3. The molecule has 1 atom stereocenters. The molecule has 29 heavy (non-hydrogen) atoms. The van der Waals surface area contributed by atoms with E-state index in [1.807, 2.05) is 26.0 Å². The molecule has 2 amide bonds. The molecule has 1 unspecified atom stereocenters. The highest BCUT2D eigenvalue weighted by molar-refractivity contribution is 8.00. The van der Waals surface area contributed by atoms with E-state index in [4.69, 9.17) is 4.74 Å². The number of aryl methyl sites for hydroxylation is 1. The molecule has 2 aromatic carbocycles. The summed E-state index contributed by atoms with van der Waals surface area (Å²) in [7, 11) is 1.56. The van der Waals surface area contributed by atoms with Gasteiger partial charge in [-0.3, -0.25) is 14.9 Å². The summed E-state index contributed by atoms with van der Waals surface area (Å²) < 4.78 is 5.14. The van der Waals surface area contributed by atoms with Gasteiger partial charge >= 0.3 is 0 Å². The number of hydrogen-bond acceptors (Lipinski definition) is 7. The van der Waals surface area contributed by atoms with Crippen LogP contribution in [-0.4, -0.2) is 34.4 Å². The van der Waals surface area contributed by atoms with Crippen molar-refractivity contribution in [3.05, 3.63) is 59.1 Å². The highest BCUT2D eigenvalue weighted by atomic mass is 32.2. The fourth-order valence-corrected chi connectivity index (χ4v) is 3.86. The quantitative estimate of drug-likeness (QED) is 0.547. The number of nitrogens with zero attached hydrogens (tertiary/aromatic N) is 2. The van der Waals surface area contributed by atoms with Gasteiger partial charge in [0.25, 0.3) is 5.91 Å². The monoisotopic (exact) mass is 428 g/mol. The van der Waals surface area contributed by atoms with Gasteiger partial charge in [0.05, 0.1) is 12.4 Å². The Kier molecular flexibility index (Phi) is 6.84. The van der Waals surface area contributed by atoms with Crippen molar-refractivity contribution in [1.82, 2.24) is 10.2 Å². The predicted octanol–water partition coefficient (Wildman–Crippen LogP) is 4.23. The molecule has 150 valence electrons. The number of nitrogens with one attached hydrogen (secondary N) is 2. The van der Waals surface area contributed by atoms with Gasteiger partial charge in [-0.1, -0.05) is 17.4 Å². The lowest BCUT2D eigenvalue weighted by atomic mass is 10.2. The summed E-state index contributed by atoms with van der Waals surface area (Å²) in [4.78, 5) is 25.6. The van der Waals surface area contributed by atoms with Crippen LogP contribution in [0.3, 0.4) is 0 Å². The molecule has 0 saturated heterocycles. The molecule has 3 rings (SSSR count). The number of amides is 2. The Morgan fingerprint density at radius 1 is 1.10 bits per heavy atom. The van der Waals surface area contributed by atoms with Crippen molar-refractivity contribution in [2.24, 2.45) is 0 Å². The van der Waals surface area contributed by atoms with Crippen molar-refractivity contribution in [3.8, 4) is 5.75 Å². The SMILES string of the molecule is COc1cccc(C(=O)Nc2ccc(SC(C)C(=O)Nc3nnc(C)s3)cc2)c1. The summed E-state index contributed by atoms with van der Waals surface area (Å²) in [5, 5.41) is 14.4. The lowest BCUT2D eigenvalue weighted by molar-refractivity contribution is -0.115. The van der Waals surface area contributed by atoms with Crippen LogP contribution in [0, 0.1) is 6.92 Å². The van der Waals surface area contributed by atoms with Gasteiger partial charge in [0.2, 0.25) is 11.0 Å². The Morgan fingerprint density at radius 2 is 1.86 bits per heavy atom. The van der Waals surface area contributed by atoms with E-state index in [9.17, 15) is 9.59 Å². The van der Waals surface area contributed by atoms with Crippen LogP contribution < -0.4 is 15.4 Å². The van der Waals surface area contributed by atoms with Crippen LogP contribution >= 0.6 is 23.1 Å². The van der Waals surface area contributed by atoms with Gasteiger partial charge in [0.1, 0.15) is 10.8 Å². The zero-order chi connectivity index (χ0) is 20.8. The molecular formula is C20H20N4O3S2.